The minimum atomic E-state index is 0.0654. The maximum atomic E-state index is 12.4. The largest absolute Gasteiger partial charge is 0.365 e. The lowest BCUT2D eigenvalue weighted by Gasteiger charge is -2.19. The molecule has 28 heavy (non-hydrogen) atoms. The van der Waals surface area contributed by atoms with Crippen molar-refractivity contribution in [1.29, 1.82) is 0 Å². The summed E-state index contributed by atoms with van der Waals surface area (Å²) in [6, 6.07) is 17.7. The van der Waals surface area contributed by atoms with Crippen molar-refractivity contribution in [3.05, 3.63) is 93.2 Å². The predicted octanol–water partition coefficient (Wildman–Crippen LogP) is 5.71. The molecule has 0 aliphatic rings. The topological polar surface area (TPSA) is 44.9 Å². The molecule has 2 N–H and O–H groups in total. The van der Waals surface area contributed by atoms with Gasteiger partial charge in [0.15, 0.2) is 0 Å². The first-order valence-corrected chi connectivity index (χ1v) is 10.2. The normalized spacial score (nSPS) is 12.0. The second-order valence-corrected chi connectivity index (χ2v) is 7.88. The van der Waals surface area contributed by atoms with E-state index in [9.17, 15) is 4.79 Å². The van der Waals surface area contributed by atoms with Gasteiger partial charge >= 0.3 is 0 Å². The Hall–Kier alpha value is -2.23. The van der Waals surface area contributed by atoms with Crippen LogP contribution in [0.25, 0.3) is 0 Å². The van der Waals surface area contributed by atoms with Gasteiger partial charge in [-0.2, -0.15) is 0 Å². The Balaban J connectivity index is 1.62. The van der Waals surface area contributed by atoms with Gasteiger partial charge in [-0.1, -0.05) is 47.5 Å². The summed E-state index contributed by atoms with van der Waals surface area (Å²) < 4.78 is 0. The first kappa shape index (κ1) is 20.5. The van der Waals surface area contributed by atoms with Crippen LogP contribution in [0.1, 0.15) is 34.7 Å². The maximum absolute atomic E-state index is 12.4. The summed E-state index contributed by atoms with van der Waals surface area (Å²) in [6.45, 7) is 2.60. The van der Waals surface area contributed by atoms with E-state index in [1.165, 1.54) is 11.1 Å². The third-order valence-corrected chi connectivity index (χ3v) is 5.47. The molecule has 0 saturated carbocycles. The number of carbonyl (C=O) groups excluding carboxylic acids is 1. The lowest BCUT2D eigenvalue weighted by atomic mass is 9.92. The average Bonchev–Trinajstić information content (AvgIpc) is 3.10. The monoisotopic (exact) mass is 414 g/mol. The number of rotatable bonds is 8. The molecule has 2 aromatic carbocycles. The van der Waals surface area contributed by atoms with Crippen LogP contribution in [0.15, 0.2) is 60.8 Å². The molecule has 1 amide bonds. The molecule has 0 aliphatic heterocycles. The van der Waals surface area contributed by atoms with Crippen LogP contribution in [0, 0.1) is 6.92 Å². The first-order valence-electron chi connectivity index (χ1n) is 9.40. The van der Waals surface area contributed by atoms with E-state index >= 15 is 0 Å². The number of amides is 1. The number of aromatic amines is 1. The molecular weight excluding hydrogens is 391 g/mol. The Morgan fingerprint density at radius 2 is 1.64 bits per heavy atom. The molecular formula is C23H24Cl2N2O. The van der Waals surface area contributed by atoms with Crippen molar-refractivity contribution in [3.63, 3.8) is 0 Å². The number of nitrogens with one attached hydrogen (secondary N) is 2. The highest BCUT2D eigenvalue weighted by atomic mass is 35.5. The number of aromatic nitrogens is 1. The summed E-state index contributed by atoms with van der Waals surface area (Å²) >= 11 is 12.0. The molecule has 3 nitrogen and oxygen atoms in total. The van der Waals surface area contributed by atoms with E-state index in [-0.39, 0.29) is 11.8 Å². The number of halogens is 2. The van der Waals surface area contributed by atoms with Crippen LogP contribution in [-0.4, -0.2) is 17.4 Å². The van der Waals surface area contributed by atoms with Gasteiger partial charge in [0.1, 0.15) is 0 Å². The summed E-state index contributed by atoms with van der Waals surface area (Å²) in [7, 11) is 0. The van der Waals surface area contributed by atoms with Crippen molar-refractivity contribution in [2.45, 2.75) is 32.1 Å². The van der Waals surface area contributed by atoms with E-state index in [1.54, 1.807) is 0 Å². The van der Waals surface area contributed by atoms with Gasteiger partial charge in [0.2, 0.25) is 5.91 Å². The van der Waals surface area contributed by atoms with Gasteiger partial charge in [0.25, 0.3) is 0 Å². The summed E-state index contributed by atoms with van der Waals surface area (Å²) in [4.78, 5) is 15.5. The van der Waals surface area contributed by atoms with Crippen LogP contribution in [-0.2, 0) is 17.6 Å². The summed E-state index contributed by atoms with van der Waals surface area (Å²) in [5.41, 5.74) is 4.64. The van der Waals surface area contributed by atoms with Crippen LogP contribution in [0.3, 0.4) is 0 Å². The van der Waals surface area contributed by atoms with Crippen LogP contribution < -0.4 is 5.32 Å². The van der Waals surface area contributed by atoms with Crippen LogP contribution >= 0.6 is 23.2 Å². The van der Waals surface area contributed by atoms with Crippen molar-refractivity contribution in [2.75, 3.05) is 6.54 Å². The van der Waals surface area contributed by atoms with Gasteiger partial charge in [-0.15, -0.1) is 0 Å². The Morgan fingerprint density at radius 3 is 2.25 bits per heavy atom. The smallest absolute Gasteiger partial charge is 0.220 e. The summed E-state index contributed by atoms with van der Waals surface area (Å²) in [6.07, 6.45) is 3.94. The lowest BCUT2D eigenvalue weighted by molar-refractivity contribution is -0.121. The third-order valence-electron chi connectivity index (χ3n) is 4.97. The molecule has 0 saturated heterocycles. The Morgan fingerprint density at radius 1 is 1.00 bits per heavy atom. The number of hydrogen-bond donors (Lipinski definition) is 2. The van der Waals surface area contributed by atoms with Gasteiger partial charge < -0.3 is 10.3 Å². The number of hydrogen-bond acceptors (Lipinski definition) is 1. The Labute approximate surface area is 176 Å². The molecule has 1 aromatic heterocycles. The van der Waals surface area contributed by atoms with E-state index in [4.69, 9.17) is 23.2 Å². The molecule has 0 spiro atoms. The zero-order valence-corrected chi connectivity index (χ0v) is 17.4. The van der Waals surface area contributed by atoms with E-state index in [0.717, 1.165) is 29.1 Å². The second-order valence-electron chi connectivity index (χ2n) is 7.01. The number of benzene rings is 2. The number of carbonyl (C=O) groups is 1. The van der Waals surface area contributed by atoms with Gasteiger partial charge in [-0.05, 0) is 66.8 Å². The number of H-pyrrole nitrogens is 1. The van der Waals surface area contributed by atoms with Crippen LogP contribution in [0.2, 0.25) is 10.0 Å². The van der Waals surface area contributed by atoms with Crippen molar-refractivity contribution < 1.29 is 4.79 Å². The van der Waals surface area contributed by atoms with Crippen molar-refractivity contribution in [1.82, 2.24) is 10.3 Å². The molecule has 0 bridgehead atoms. The minimum Gasteiger partial charge on any atom is -0.365 e. The second kappa shape index (κ2) is 9.81. The molecule has 0 aliphatic carbocycles. The minimum absolute atomic E-state index is 0.0654. The molecule has 3 rings (SSSR count). The van der Waals surface area contributed by atoms with Gasteiger partial charge in [0.05, 0.1) is 0 Å². The average molecular weight is 415 g/mol. The van der Waals surface area contributed by atoms with E-state index < -0.39 is 0 Å². The standard InChI is InChI=1S/C23H24Cl2N2O/c1-16-18(12-13-26-16)6-11-23(28)27-15-20(19-4-9-22(25)10-5-19)14-17-2-7-21(24)8-3-17/h2-5,7-10,12-13,20,26H,6,11,14-15H2,1H3,(H,27,28)/t20-/m0/s1. The van der Waals surface area contributed by atoms with Crippen molar-refractivity contribution >= 4 is 29.1 Å². The Bertz CT molecular complexity index is 901. The fourth-order valence-electron chi connectivity index (χ4n) is 3.28. The molecule has 1 heterocycles. The first-order chi connectivity index (χ1) is 13.5. The maximum Gasteiger partial charge on any atom is 0.220 e. The fraction of sp³-hybridized carbons (Fsp3) is 0.261. The molecule has 5 heteroatoms. The van der Waals surface area contributed by atoms with Gasteiger partial charge in [0, 0.05) is 40.8 Å². The van der Waals surface area contributed by atoms with Gasteiger partial charge in [-0.3, -0.25) is 4.79 Å². The number of aryl methyl sites for hydroxylation is 2. The van der Waals surface area contributed by atoms with Crippen molar-refractivity contribution in [2.24, 2.45) is 0 Å². The zero-order chi connectivity index (χ0) is 19.9. The summed E-state index contributed by atoms with van der Waals surface area (Å²) in [5, 5.41) is 4.53. The molecule has 146 valence electrons. The third kappa shape index (κ3) is 5.88. The Kier molecular flexibility index (Phi) is 7.18. The van der Waals surface area contributed by atoms with E-state index in [1.807, 2.05) is 67.7 Å². The van der Waals surface area contributed by atoms with Crippen molar-refractivity contribution in [3.8, 4) is 0 Å². The molecule has 0 fully saturated rings. The zero-order valence-electron chi connectivity index (χ0n) is 15.8. The summed E-state index contributed by atoms with van der Waals surface area (Å²) in [5.74, 6) is 0.229. The van der Waals surface area contributed by atoms with Crippen LogP contribution in [0.4, 0.5) is 0 Å². The highest BCUT2D eigenvalue weighted by Gasteiger charge is 2.15. The molecule has 0 radical (unpaired) electrons. The SMILES string of the molecule is Cc1[nH]ccc1CCC(=O)NC[C@H](Cc1ccc(Cl)cc1)c1ccc(Cl)cc1. The van der Waals surface area contributed by atoms with E-state index in [2.05, 4.69) is 10.3 Å². The van der Waals surface area contributed by atoms with E-state index in [0.29, 0.717) is 18.0 Å². The quantitative estimate of drug-likeness (QED) is 0.487. The lowest BCUT2D eigenvalue weighted by Crippen LogP contribution is -2.29. The molecule has 0 unspecified atom stereocenters. The fourth-order valence-corrected chi connectivity index (χ4v) is 3.53. The molecule has 3 aromatic rings. The highest BCUT2D eigenvalue weighted by Crippen LogP contribution is 2.23. The van der Waals surface area contributed by atoms with Gasteiger partial charge in [-0.25, -0.2) is 0 Å². The van der Waals surface area contributed by atoms with Crippen LogP contribution in [0.5, 0.6) is 0 Å². The highest BCUT2D eigenvalue weighted by molar-refractivity contribution is 6.30. The molecule has 1 atom stereocenters. The predicted molar refractivity (Wildman–Crippen MR) is 116 cm³/mol.